The van der Waals surface area contributed by atoms with E-state index in [1.807, 2.05) is 30.3 Å². The largest absolute Gasteiger partial charge is 0.464 e. The summed E-state index contributed by atoms with van der Waals surface area (Å²) in [5.41, 5.74) is -0.369. The molecule has 0 radical (unpaired) electrons. The van der Waals surface area contributed by atoms with Crippen LogP contribution in [0.5, 0.6) is 5.75 Å². The Labute approximate surface area is 109 Å². The van der Waals surface area contributed by atoms with Crippen molar-refractivity contribution in [2.75, 3.05) is 19.8 Å². The van der Waals surface area contributed by atoms with Gasteiger partial charge in [0.15, 0.2) is 18.1 Å². The lowest BCUT2D eigenvalue weighted by Crippen LogP contribution is -2.52. The molecule has 0 aliphatic carbocycles. The lowest BCUT2D eigenvalue weighted by molar-refractivity contribution is -0.171. The molecule has 2 atom stereocenters. The fraction of sp³-hybridized carbons (Fsp3) is 0.455. The summed E-state index contributed by atoms with van der Waals surface area (Å²) in [5, 5.41) is 0. The van der Waals surface area contributed by atoms with Gasteiger partial charge in [-0.15, -0.1) is 0 Å². The van der Waals surface area contributed by atoms with Crippen molar-refractivity contribution in [2.45, 2.75) is 6.29 Å². The van der Waals surface area contributed by atoms with E-state index in [2.05, 4.69) is 0 Å². The van der Waals surface area contributed by atoms with E-state index in [0.29, 0.717) is 19.8 Å². The van der Waals surface area contributed by atoms with Crippen LogP contribution >= 0.6 is 18.1 Å². The molecule has 5 nitrogen and oxygen atoms in total. The average Bonchev–Trinajstić information content (AvgIpc) is 2.44. The molecular weight excluding hydrogens is 274 g/mol. The molecule has 98 valence electrons. The summed E-state index contributed by atoms with van der Waals surface area (Å²) in [6.07, 6.45) is -0.392. The summed E-state index contributed by atoms with van der Waals surface area (Å²) < 4.78 is 27.7. The number of hydrogen-bond donors (Lipinski definition) is 0. The maximum absolute atomic E-state index is 5.90. The first-order chi connectivity index (χ1) is 8.89. The molecule has 3 rings (SSSR count). The predicted molar refractivity (Wildman–Crippen MR) is 68.9 cm³/mol. The van der Waals surface area contributed by atoms with Crippen molar-refractivity contribution in [3.05, 3.63) is 30.3 Å². The Morgan fingerprint density at radius 2 is 1.67 bits per heavy atom. The number of para-hydroxylation sites is 1. The first kappa shape index (κ1) is 12.7. The Balaban J connectivity index is 1.75. The molecule has 2 fully saturated rings. The smallest absolute Gasteiger partial charge is 0.217 e. The van der Waals surface area contributed by atoms with Gasteiger partial charge in [-0.3, -0.25) is 4.52 Å². The van der Waals surface area contributed by atoms with Crippen molar-refractivity contribution < 1.29 is 22.8 Å². The average molecular weight is 288 g/mol. The zero-order chi connectivity index (χ0) is 12.3. The summed E-state index contributed by atoms with van der Waals surface area (Å²) in [5.74, 6) is 0.779. The van der Waals surface area contributed by atoms with Gasteiger partial charge in [-0.2, -0.15) is 0 Å². The highest BCUT2D eigenvalue weighted by atomic mass is 31.1. The van der Waals surface area contributed by atoms with Crippen LogP contribution in [0.2, 0.25) is 0 Å². The number of rotatable bonds is 2. The maximum atomic E-state index is 5.90. The summed E-state index contributed by atoms with van der Waals surface area (Å²) in [7, 11) is 0.0914. The van der Waals surface area contributed by atoms with E-state index in [1.54, 1.807) is 0 Å². The van der Waals surface area contributed by atoms with Crippen molar-refractivity contribution in [3.8, 4) is 5.75 Å². The molecule has 0 amide bonds. The summed E-state index contributed by atoms with van der Waals surface area (Å²) >= 11 is 0. The fourth-order valence-electron chi connectivity index (χ4n) is 1.86. The van der Waals surface area contributed by atoms with Crippen LogP contribution in [0.3, 0.4) is 0 Å². The zero-order valence-corrected chi connectivity index (χ0v) is 11.6. The van der Waals surface area contributed by atoms with Crippen LogP contribution in [0, 0.1) is 5.41 Å². The third kappa shape index (κ3) is 2.67. The van der Waals surface area contributed by atoms with Gasteiger partial charge >= 0.3 is 0 Å². The van der Waals surface area contributed by atoms with Crippen molar-refractivity contribution in [1.82, 2.24) is 0 Å². The molecule has 18 heavy (non-hydrogen) atoms. The molecule has 1 aromatic rings. The molecule has 0 saturated carbocycles. The normalized spacial score (nSPS) is 35.0. The Morgan fingerprint density at radius 3 is 2.39 bits per heavy atom. The Kier molecular flexibility index (Phi) is 4.10. The Morgan fingerprint density at radius 1 is 1.00 bits per heavy atom. The molecule has 7 heteroatoms. The van der Waals surface area contributed by atoms with E-state index in [9.17, 15) is 0 Å². The highest BCUT2D eigenvalue weighted by molar-refractivity contribution is 7.26. The van der Waals surface area contributed by atoms with Crippen molar-refractivity contribution in [1.29, 1.82) is 0 Å². The van der Waals surface area contributed by atoms with Gasteiger partial charge < -0.3 is 18.3 Å². The second-order valence-corrected chi connectivity index (χ2v) is 5.71. The van der Waals surface area contributed by atoms with Crippen molar-refractivity contribution >= 4 is 18.1 Å². The van der Waals surface area contributed by atoms with E-state index < -0.39 is 6.29 Å². The molecule has 0 N–H and O–H groups in total. The molecule has 1 aromatic carbocycles. The fourth-order valence-corrected chi connectivity index (χ4v) is 3.44. The minimum atomic E-state index is -0.392. The van der Waals surface area contributed by atoms with E-state index in [4.69, 9.17) is 22.8 Å². The molecule has 2 saturated heterocycles. The molecule has 2 aliphatic rings. The third-order valence-corrected chi connectivity index (χ3v) is 3.99. The first-order valence-electron chi connectivity index (χ1n) is 5.62. The molecule has 1 spiro atoms. The molecule has 2 heterocycles. The number of benzene rings is 1. The zero-order valence-electron chi connectivity index (χ0n) is 9.63. The second kappa shape index (κ2) is 5.79. The molecule has 2 aliphatic heterocycles. The third-order valence-electron chi connectivity index (χ3n) is 2.90. The second-order valence-electron chi connectivity index (χ2n) is 4.28. The van der Waals surface area contributed by atoms with Crippen LogP contribution < -0.4 is 4.74 Å². The quantitative estimate of drug-likeness (QED) is 0.782. The maximum Gasteiger partial charge on any atom is 0.217 e. The van der Waals surface area contributed by atoms with Gasteiger partial charge in [0, 0.05) is 0 Å². The lowest BCUT2D eigenvalue weighted by atomic mass is 9.90. The summed E-state index contributed by atoms with van der Waals surface area (Å²) in [4.78, 5) is 0. The van der Waals surface area contributed by atoms with Gasteiger partial charge in [-0.05, 0) is 12.1 Å². The predicted octanol–water partition coefficient (Wildman–Crippen LogP) is 2.49. The van der Waals surface area contributed by atoms with Crippen LogP contribution in [0.1, 0.15) is 0 Å². The van der Waals surface area contributed by atoms with Gasteiger partial charge in [0.1, 0.15) is 11.2 Å². The number of ether oxygens (including phenoxy) is 1. The Bertz CT molecular complexity index is 374. The summed E-state index contributed by atoms with van der Waals surface area (Å²) in [6.45, 7) is 1.61. The van der Waals surface area contributed by atoms with E-state index in [0.717, 1.165) is 5.75 Å². The number of hydrogen-bond acceptors (Lipinski definition) is 5. The van der Waals surface area contributed by atoms with Crippen molar-refractivity contribution in [2.24, 2.45) is 5.41 Å². The highest BCUT2D eigenvalue weighted by Crippen LogP contribution is 2.43. The van der Waals surface area contributed by atoms with E-state index in [-0.39, 0.29) is 23.5 Å². The molecule has 0 aromatic heterocycles. The van der Waals surface area contributed by atoms with Crippen molar-refractivity contribution in [3.63, 3.8) is 0 Å². The molecule has 2 unspecified atom stereocenters. The Hall–Kier alpha value is -0.280. The van der Waals surface area contributed by atoms with Crippen LogP contribution in [-0.4, -0.2) is 26.1 Å². The monoisotopic (exact) mass is 288 g/mol. The van der Waals surface area contributed by atoms with Crippen LogP contribution in [-0.2, 0) is 18.1 Å². The topological polar surface area (TPSA) is 46.2 Å². The SMILES string of the molecule is c1ccc(OC2OPOCC23COPOC3)cc1. The van der Waals surface area contributed by atoms with Crippen LogP contribution in [0.4, 0.5) is 0 Å². The van der Waals surface area contributed by atoms with Gasteiger partial charge in [0.25, 0.3) is 0 Å². The van der Waals surface area contributed by atoms with Gasteiger partial charge in [0.2, 0.25) is 6.29 Å². The molecular formula is C11H14O5P2. The first-order valence-corrected chi connectivity index (χ1v) is 7.25. The highest BCUT2D eigenvalue weighted by Gasteiger charge is 2.47. The molecule has 0 bridgehead atoms. The van der Waals surface area contributed by atoms with E-state index >= 15 is 0 Å². The van der Waals surface area contributed by atoms with Gasteiger partial charge in [-0.25, -0.2) is 0 Å². The minimum Gasteiger partial charge on any atom is -0.464 e. The van der Waals surface area contributed by atoms with Crippen LogP contribution in [0.25, 0.3) is 0 Å². The van der Waals surface area contributed by atoms with E-state index in [1.165, 1.54) is 0 Å². The van der Waals surface area contributed by atoms with Gasteiger partial charge in [-0.1, -0.05) is 18.2 Å². The summed E-state index contributed by atoms with van der Waals surface area (Å²) in [6, 6.07) is 9.62. The lowest BCUT2D eigenvalue weighted by Gasteiger charge is -2.43. The van der Waals surface area contributed by atoms with Crippen LogP contribution in [0.15, 0.2) is 30.3 Å². The van der Waals surface area contributed by atoms with Gasteiger partial charge in [0.05, 0.1) is 19.8 Å². The standard InChI is InChI=1S/C11H14O5P2/c1-2-4-9(5-3-1)15-10-11(8-14-18-16-10)6-12-17-13-7-11/h1-5,10,17-18H,6-8H2. The minimum absolute atomic E-state index is 0.00183.